The standard InChI is InChI=1S/C15H29N3O/c1-7-8-16-12(9-11(2)3)10-13-17-14(18-19-13)15(4,5)6/h11-12,16H,7-10H2,1-6H3. The summed E-state index contributed by atoms with van der Waals surface area (Å²) in [4.78, 5) is 4.52. The van der Waals surface area contributed by atoms with Crippen molar-refractivity contribution in [2.75, 3.05) is 6.54 Å². The highest BCUT2D eigenvalue weighted by Gasteiger charge is 2.22. The minimum atomic E-state index is -0.0495. The molecule has 0 bridgehead atoms. The molecule has 0 amide bonds. The number of hydrogen-bond donors (Lipinski definition) is 1. The molecule has 1 heterocycles. The van der Waals surface area contributed by atoms with Gasteiger partial charge in [0.15, 0.2) is 5.82 Å². The summed E-state index contributed by atoms with van der Waals surface area (Å²) in [5.74, 6) is 2.21. The minimum Gasteiger partial charge on any atom is -0.339 e. The zero-order valence-corrected chi connectivity index (χ0v) is 13.3. The molecule has 1 aromatic rings. The molecule has 19 heavy (non-hydrogen) atoms. The molecule has 4 heteroatoms. The van der Waals surface area contributed by atoms with Crippen LogP contribution in [0.25, 0.3) is 0 Å². The lowest BCUT2D eigenvalue weighted by atomic mass is 9.96. The fraction of sp³-hybridized carbons (Fsp3) is 0.867. The monoisotopic (exact) mass is 267 g/mol. The lowest BCUT2D eigenvalue weighted by Crippen LogP contribution is -2.33. The van der Waals surface area contributed by atoms with Gasteiger partial charge in [0.1, 0.15) is 0 Å². The quantitative estimate of drug-likeness (QED) is 0.823. The van der Waals surface area contributed by atoms with Crippen LogP contribution in [0.15, 0.2) is 4.52 Å². The maximum absolute atomic E-state index is 5.38. The van der Waals surface area contributed by atoms with E-state index >= 15 is 0 Å². The summed E-state index contributed by atoms with van der Waals surface area (Å²) in [5.41, 5.74) is -0.0495. The van der Waals surface area contributed by atoms with E-state index in [9.17, 15) is 0 Å². The molecule has 0 aliphatic heterocycles. The molecule has 0 spiro atoms. The second-order valence-corrected chi connectivity index (χ2v) is 6.75. The molecule has 4 nitrogen and oxygen atoms in total. The Morgan fingerprint density at radius 3 is 2.42 bits per heavy atom. The molecular formula is C15H29N3O. The van der Waals surface area contributed by atoms with E-state index in [0.717, 1.165) is 37.5 Å². The molecule has 1 unspecified atom stereocenters. The van der Waals surface area contributed by atoms with E-state index in [2.05, 4.69) is 57.0 Å². The molecule has 0 aliphatic carbocycles. The Hall–Kier alpha value is -0.900. The van der Waals surface area contributed by atoms with E-state index in [1.54, 1.807) is 0 Å². The van der Waals surface area contributed by atoms with Gasteiger partial charge in [-0.05, 0) is 25.3 Å². The summed E-state index contributed by atoms with van der Waals surface area (Å²) in [7, 11) is 0. The van der Waals surface area contributed by atoms with Crippen LogP contribution >= 0.6 is 0 Å². The molecule has 1 N–H and O–H groups in total. The van der Waals surface area contributed by atoms with Crippen molar-refractivity contribution in [3.05, 3.63) is 11.7 Å². The predicted molar refractivity (Wildman–Crippen MR) is 78.2 cm³/mol. The molecule has 0 saturated heterocycles. The first kappa shape index (κ1) is 16.2. The third kappa shape index (κ3) is 5.72. The Bertz CT molecular complexity index is 366. The summed E-state index contributed by atoms with van der Waals surface area (Å²) >= 11 is 0. The fourth-order valence-electron chi connectivity index (χ4n) is 2.01. The van der Waals surface area contributed by atoms with Crippen LogP contribution in [-0.4, -0.2) is 22.7 Å². The van der Waals surface area contributed by atoms with Gasteiger partial charge in [0, 0.05) is 17.9 Å². The minimum absolute atomic E-state index is 0.0495. The van der Waals surface area contributed by atoms with Gasteiger partial charge in [0.05, 0.1) is 0 Å². The van der Waals surface area contributed by atoms with E-state index in [-0.39, 0.29) is 5.41 Å². The molecule has 1 atom stereocenters. The largest absolute Gasteiger partial charge is 0.339 e. The van der Waals surface area contributed by atoms with Crippen LogP contribution in [0.4, 0.5) is 0 Å². The summed E-state index contributed by atoms with van der Waals surface area (Å²) in [6.07, 6.45) is 3.10. The highest BCUT2D eigenvalue weighted by Crippen LogP contribution is 2.19. The van der Waals surface area contributed by atoms with Crippen molar-refractivity contribution >= 4 is 0 Å². The number of nitrogens with one attached hydrogen (secondary N) is 1. The molecule has 1 rings (SSSR count). The molecule has 0 aromatic carbocycles. The predicted octanol–water partition coefficient (Wildman–Crippen LogP) is 3.32. The summed E-state index contributed by atoms with van der Waals surface area (Å²) in [6.45, 7) is 14.0. The number of rotatable bonds is 7. The van der Waals surface area contributed by atoms with Gasteiger partial charge in [-0.1, -0.05) is 46.7 Å². The van der Waals surface area contributed by atoms with Crippen LogP contribution in [0.3, 0.4) is 0 Å². The van der Waals surface area contributed by atoms with Gasteiger partial charge in [-0.3, -0.25) is 0 Å². The number of nitrogens with zero attached hydrogens (tertiary/aromatic N) is 2. The van der Waals surface area contributed by atoms with Gasteiger partial charge in [0.2, 0.25) is 5.89 Å². The van der Waals surface area contributed by atoms with Crippen LogP contribution in [0, 0.1) is 5.92 Å². The van der Waals surface area contributed by atoms with Gasteiger partial charge in [0.25, 0.3) is 0 Å². The summed E-state index contributed by atoms with van der Waals surface area (Å²) in [6, 6.07) is 0.424. The maximum atomic E-state index is 5.38. The highest BCUT2D eigenvalue weighted by molar-refractivity contribution is 5.00. The average Bonchev–Trinajstić information content (AvgIpc) is 2.73. The Morgan fingerprint density at radius 1 is 1.26 bits per heavy atom. The van der Waals surface area contributed by atoms with Crippen molar-refractivity contribution in [1.29, 1.82) is 0 Å². The lowest BCUT2D eigenvalue weighted by molar-refractivity contribution is 0.331. The van der Waals surface area contributed by atoms with Crippen LogP contribution in [0.1, 0.15) is 66.1 Å². The van der Waals surface area contributed by atoms with E-state index in [0.29, 0.717) is 12.0 Å². The van der Waals surface area contributed by atoms with Crippen molar-refractivity contribution < 1.29 is 4.52 Å². The third-order valence-corrected chi connectivity index (χ3v) is 3.00. The average molecular weight is 267 g/mol. The lowest BCUT2D eigenvalue weighted by Gasteiger charge is -2.18. The molecule has 0 radical (unpaired) electrons. The topological polar surface area (TPSA) is 51.0 Å². The zero-order chi connectivity index (χ0) is 14.5. The Balaban J connectivity index is 2.64. The SMILES string of the molecule is CCCNC(Cc1nc(C(C)(C)C)no1)CC(C)C. The molecule has 110 valence electrons. The normalized spacial score (nSPS) is 14.1. The van der Waals surface area contributed by atoms with Gasteiger partial charge < -0.3 is 9.84 Å². The van der Waals surface area contributed by atoms with Gasteiger partial charge in [-0.25, -0.2) is 0 Å². The van der Waals surface area contributed by atoms with E-state index in [1.165, 1.54) is 0 Å². The van der Waals surface area contributed by atoms with Crippen molar-refractivity contribution in [1.82, 2.24) is 15.5 Å². The second kappa shape index (κ2) is 7.04. The number of aromatic nitrogens is 2. The van der Waals surface area contributed by atoms with Crippen molar-refractivity contribution in [3.63, 3.8) is 0 Å². The number of hydrogen-bond acceptors (Lipinski definition) is 4. The molecule has 1 aromatic heterocycles. The highest BCUT2D eigenvalue weighted by atomic mass is 16.5. The van der Waals surface area contributed by atoms with E-state index in [1.807, 2.05) is 0 Å². The van der Waals surface area contributed by atoms with Crippen LogP contribution in [-0.2, 0) is 11.8 Å². The molecule has 0 aliphatic rings. The Kier molecular flexibility index (Phi) is 5.98. The summed E-state index contributed by atoms with van der Waals surface area (Å²) in [5, 5.41) is 7.66. The van der Waals surface area contributed by atoms with Gasteiger partial charge in [-0.15, -0.1) is 0 Å². The van der Waals surface area contributed by atoms with Gasteiger partial charge >= 0.3 is 0 Å². The van der Waals surface area contributed by atoms with E-state index in [4.69, 9.17) is 4.52 Å². The fourth-order valence-corrected chi connectivity index (χ4v) is 2.01. The molecule has 0 fully saturated rings. The van der Waals surface area contributed by atoms with E-state index < -0.39 is 0 Å². The smallest absolute Gasteiger partial charge is 0.228 e. The maximum Gasteiger partial charge on any atom is 0.228 e. The first-order valence-corrected chi connectivity index (χ1v) is 7.39. The Labute approximate surface area is 117 Å². The second-order valence-electron chi connectivity index (χ2n) is 6.75. The zero-order valence-electron chi connectivity index (χ0n) is 13.3. The van der Waals surface area contributed by atoms with Crippen LogP contribution in [0.5, 0.6) is 0 Å². The van der Waals surface area contributed by atoms with Crippen molar-refractivity contribution in [3.8, 4) is 0 Å². The van der Waals surface area contributed by atoms with Crippen molar-refractivity contribution in [2.24, 2.45) is 5.92 Å². The first-order valence-electron chi connectivity index (χ1n) is 7.39. The van der Waals surface area contributed by atoms with Crippen LogP contribution < -0.4 is 5.32 Å². The summed E-state index contributed by atoms with van der Waals surface area (Å²) < 4.78 is 5.38. The first-order chi connectivity index (χ1) is 8.82. The molecular weight excluding hydrogens is 238 g/mol. The molecule has 0 saturated carbocycles. The van der Waals surface area contributed by atoms with Crippen LogP contribution in [0.2, 0.25) is 0 Å². The Morgan fingerprint density at radius 2 is 1.95 bits per heavy atom. The third-order valence-electron chi connectivity index (χ3n) is 3.00. The van der Waals surface area contributed by atoms with Crippen molar-refractivity contribution in [2.45, 2.75) is 72.3 Å². The van der Waals surface area contributed by atoms with Gasteiger partial charge in [-0.2, -0.15) is 4.98 Å².